The maximum absolute atomic E-state index is 13.3. The summed E-state index contributed by atoms with van der Waals surface area (Å²) in [5, 5.41) is 0.671. The zero-order chi connectivity index (χ0) is 20.1. The van der Waals surface area contributed by atoms with Crippen molar-refractivity contribution in [2.45, 2.75) is 33.7 Å². The lowest BCUT2D eigenvalue weighted by atomic mass is 10.0. The second-order valence-corrected chi connectivity index (χ2v) is 7.48. The highest BCUT2D eigenvalue weighted by Gasteiger charge is 2.25. The van der Waals surface area contributed by atoms with Gasteiger partial charge in [0.2, 0.25) is 0 Å². The van der Waals surface area contributed by atoms with Crippen molar-refractivity contribution in [3.8, 4) is 0 Å². The number of aromatic amines is 1. The Hall–Kier alpha value is -2.11. The maximum atomic E-state index is 13.3. The molecule has 1 aromatic carbocycles. The number of nitrogens with zero attached hydrogens (tertiary/aromatic N) is 2. The van der Waals surface area contributed by atoms with Gasteiger partial charge in [-0.15, -0.1) is 0 Å². The number of carbonyl (C=O) groups excluding carboxylic acids is 2. The molecule has 0 spiro atoms. The van der Waals surface area contributed by atoms with Gasteiger partial charge < -0.3 is 14.8 Å². The Bertz CT molecular complexity index is 810. The monoisotopic (exact) mass is 389 g/mol. The van der Waals surface area contributed by atoms with Crippen LogP contribution in [-0.2, 0) is 13.0 Å². The fourth-order valence-electron chi connectivity index (χ4n) is 3.23. The van der Waals surface area contributed by atoms with Gasteiger partial charge in [0, 0.05) is 35.9 Å². The molecule has 0 bridgehead atoms. The van der Waals surface area contributed by atoms with Crippen LogP contribution in [0.4, 0.5) is 0 Å². The van der Waals surface area contributed by atoms with Crippen LogP contribution in [0.3, 0.4) is 0 Å². The fourth-order valence-corrected chi connectivity index (χ4v) is 3.36. The molecule has 1 aromatic heterocycles. The summed E-state index contributed by atoms with van der Waals surface area (Å²) < 4.78 is 0. The summed E-state index contributed by atoms with van der Waals surface area (Å²) in [6.45, 7) is 7.18. The number of rotatable bonds is 8. The summed E-state index contributed by atoms with van der Waals surface area (Å²) in [7, 11) is 3.96. The van der Waals surface area contributed by atoms with Gasteiger partial charge in [0.05, 0.1) is 0 Å². The van der Waals surface area contributed by atoms with E-state index in [0.717, 1.165) is 23.4 Å². The molecule has 5 nitrogen and oxygen atoms in total. The van der Waals surface area contributed by atoms with Crippen molar-refractivity contribution < 1.29 is 9.59 Å². The number of hydrogen-bond donors (Lipinski definition) is 1. The third-order valence-corrected chi connectivity index (χ3v) is 4.85. The Morgan fingerprint density at radius 3 is 2.26 bits per heavy atom. The van der Waals surface area contributed by atoms with E-state index in [-0.39, 0.29) is 11.7 Å². The Morgan fingerprint density at radius 2 is 1.74 bits per heavy atom. The smallest absolute Gasteiger partial charge is 0.270 e. The van der Waals surface area contributed by atoms with Gasteiger partial charge in [-0.1, -0.05) is 30.7 Å². The minimum atomic E-state index is -0.0840. The van der Waals surface area contributed by atoms with Gasteiger partial charge >= 0.3 is 0 Å². The average Bonchev–Trinajstić information content (AvgIpc) is 2.96. The number of halogens is 1. The molecule has 0 unspecified atom stereocenters. The van der Waals surface area contributed by atoms with Crippen LogP contribution in [0, 0.1) is 6.92 Å². The van der Waals surface area contributed by atoms with Gasteiger partial charge in [0.15, 0.2) is 5.78 Å². The molecule has 0 atom stereocenters. The molecule has 2 rings (SSSR count). The molecule has 0 saturated heterocycles. The number of H-pyrrole nitrogens is 1. The first kappa shape index (κ1) is 21.2. The van der Waals surface area contributed by atoms with Crippen LogP contribution in [0.1, 0.15) is 51.5 Å². The van der Waals surface area contributed by atoms with Gasteiger partial charge in [-0.3, -0.25) is 9.59 Å². The zero-order valence-electron chi connectivity index (χ0n) is 16.7. The van der Waals surface area contributed by atoms with Crippen molar-refractivity contribution in [1.82, 2.24) is 14.8 Å². The van der Waals surface area contributed by atoms with E-state index in [4.69, 9.17) is 11.6 Å². The lowest BCUT2D eigenvalue weighted by molar-refractivity contribution is 0.0725. The summed E-state index contributed by atoms with van der Waals surface area (Å²) in [6, 6.07) is 7.52. The lowest BCUT2D eigenvalue weighted by Crippen LogP contribution is -2.36. The van der Waals surface area contributed by atoms with Crippen LogP contribution in [-0.4, -0.2) is 53.7 Å². The zero-order valence-corrected chi connectivity index (χ0v) is 17.5. The summed E-state index contributed by atoms with van der Waals surface area (Å²) in [6.07, 6.45) is 0.628. The number of hydrogen-bond acceptors (Lipinski definition) is 3. The maximum Gasteiger partial charge on any atom is 0.270 e. The van der Waals surface area contributed by atoms with E-state index >= 15 is 0 Å². The second kappa shape index (κ2) is 9.20. The molecule has 2 aromatic rings. The van der Waals surface area contributed by atoms with Crippen LogP contribution < -0.4 is 0 Å². The molecule has 0 aliphatic heterocycles. The molecule has 0 saturated carbocycles. The Balaban J connectivity index is 2.36. The number of benzene rings is 1. The topological polar surface area (TPSA) is 56.4 Å². The van der Waals surface area contributed by atoms with E-state index in [2.05, 4.69) is 4.98 Å². The molecule has 6 heteroatoms. The number of nitrogens with one attached hydrogen (secondary N) is 1. The third kappa shape index (κ3) is 5.21. The van der Waals surface area contributed by atoms with Gasteiger partial charge in [-0.25, -0.2) is 0 Å². The predicted molar refractivity (Wildman–Crippen MR) is 110 cm³/mol. The van der Waals surface area contributed by atoms with E-state index in [0.29, 0.717) is 35.8 Å². The van der Waals surface area contributed by atoms with Crippen LogP contribution in [0.25, 0.3) is 0 Å². The molecule has 0 fully saturated rings. The van der Waals surface area contributed by atoms with Crippen LogP contribution in [0.15, 0.2) is 24.3 Å². The second-order valence-electron chi connectivity index (χ2n) is 7.04. The molecule has 146 valence electrons. The molecule has 27 heavy (non-hydrogen) atoms. The first-order valence-corrected chi connectivity index (χ1v) is 9.53. The highest BCUT2D eigenvalue weighted by atomic mass is 35.5. The van der Waals surface area contributed by atoms with E-state index in [1.54, 1.807) is 6.92 Å². The number of amides is 1. The number of Topliss-reactive ketones (excluding diaryl/α,β-unsaturated/α-hetero) is 1. The first-order chi connectivity index (χ1) is 12.7. The van der Waals surface area contributed by atoms with E-state index in [9.17, 15) is 9.59 Å². The standard InChI is InChI=1S/C21H28ClN3O2/c1-6-18-19(15(3)26)14(2)23-20(18)21(27)25(12-11-24(4)5)13-16-7-9-17(22)10-8-16/h7-10,23H,6,11-13H2,1-5H3. The fraction of sp³-hybridized carbons (Fsp3) is 0.429. The molecule has 0 aliphatic rings. The highest BCUT2D eigenvalue weighted by Crippen LogP contribution is 2.22. The van der Waals surface area contributed by atoms with Crippen LogP contribution >= 0.6 is 11.6 Å². The van der Waals surface area contributed by atoms with Crippen molar-refractivity contribution in [1.29, 1.82) is 0 Å². The van der Waals surface area contributed by atoms with Crippen molar-refractivity contribution in [3.63, 3.8) is 0 Å². The summed E-state index contributed by atoms with van der Waals surface area (Å²) in [4.78, 5) is 32.4. The van der Waals surface area contributed by atoms with Crippen molar-refractivity contribution >= 4 is 23.3 Å². The van der Waals surface area contributed by atoms with E-state index in [1.807, 2.05) is 62.0 Å². The first-order valence-electron chi connectivity index (χ1n) is 9.15. The number of carbonyl (C=O) groups is 2. The lowest BCUT2D eigenvalue weighted by Gasteiger charge is -2.25. The predicted octanol–water partition coefficient (Wildman–Crippen LogP) is 3.95. The normalized spacial score (nSPS) is 11.1. The minimum absolute atomic E-state index is 0.0165. The molecular formula is C21H28ClN3O2. The van der Waals surface area contributed by atoms with Crippen LogP contribution in [0.5, 0.6) is 0 Å². The summed E-state index contributed by atoms with van der Waals surface area (Å²) in [5.74, 6) is -0.101. The Labute approximate surface area is 166 Å². The number of ketones is 1. The molecule has 0 radical (unpaired) electrons. The number of likely N-dealkylation sites (N-methyl/N-ethyl adjacent to an activating group) is 1. The SMILES string of the molecule is CCc1c(C(=O)N(CCN(C)C)Cc2ccc(Cl)cc2)[nH]c(C)c1C(C)=O. The van der Waals surface area contributed by atoms with Crippen molar-refractivity contribution in [2.75, 3.05) is 27.2 Å². The third-order valence-electron chi connectivity index (χ3n) is 4.60. The number of aromatic nitrogens is 1. The molecular weight excluding hydrogens is 362 g/mol. The number of aryl methyl sites for hydroxylation is 1. The average molecular weight is 390 g/mol. The van der Waals surface area contributed by atoms with Crippen molar-refractivity contribution in [2.24, 2.45) is 0 Å². The quantitative estimate of drug-likeness (QED) is 0.695. The van der Waals surface area contributed by atoms with Gasteiger partial charge in [-0.05, 0) is 57.6 Å². The van der Waals surface area contributed by atoms with E-state index in [1.165, 1.54) is 0 Å². The molecule has 1 heterocycles. The molecule has 1 N–H and O–H groups in total. The van der Waals surface area contributed by atoms with Crippen molar-refractivity contribution in [3.05, 3.63) is 57.4 Å². The Kier molecular flexibility index (Phi) is 7.22. The molecule has 0 aliphatic carbocycles. The van der Waals surface area contributed by atoms with Gasteiger partial charge in [0.1, 0.15) is 5.69 Å². The summed E-state index contributed by atoms with van der Waals surface area (Å²) >= 11 is 5.97. The van der Waals surface area contributed by atoms with Gasteiger partial charge in [0.25, 0.3) is 5.91 Å². The Morgan fingerprint density at radius 1 is 1.11 bits per heavy atom. The van der Waals surface area contributed by atoms with E-state index < -0.39 is 0 Å². The largest absolute Gasteiger partial charge is 0.354 e. The minimum Gasteiger partial charge on any atom is -0.354 e. The van der Waals surface area contributed by atoms with Crippen LogP contribution in [0.2, 0.25) is 5.02 Å². The summed E-state index contributed by atoms with van der Waals surface area (Å²) in [5.41, 5.74) is 3.73. The molecule has 1 amide bonds. The van der Waals surface area contributed by atoms with Gasteiger partial charge in [-0.2, -0.15) is 0 Å². The highest BCUT2D eigenvalue weighted by molar-refractivity contribution is 6.30.